The topological polar surface area (TPSA) is 100 Å². The Balaban J connectivity index is 1.81. The highest BCUT2D eigenvalue weighted by Crippen LogP contribution is 2.10. The molecule has 1 aromatic carbocycles. The number of nitrogens with zero attached hydrogens (tertiary/aromatic N) is 3. The third kappa shape index (κ3) is 7.24. The number of benzene rings is 1. The zero-order chi connectivity index (χ0) is 18.8. The van der Waals surface area contributed by atoms with E-state index in [1.165, 1.54) is 11.1 Å². The SMILES string of the molecule is CN=C(NCCCNS(C)(=O)=O)NCc1ccccc1Cn1cccn1. The van der Waals surface area contributed by atoms with Gasteiger partial charge < -0.3 is 10.6 Å². The normalized spacial score (nSPS) is 12.2. The Bertz CT molecular complexity index is 802. The molecule has 0 bridgehead atoms. The van der Waals surface area contributed by atoms with Crippen molar-refractivity contribution in [1.29, 1.82) is 0 Å². The van der Waals surface area contributed by atoms with Crippen LogP contribution in [0.3, 0.4) is 0 Å². The van der Waals surface area contributed by atoms with Crippen molar-refractivity contribution in [2.45, 2.75) is 19.5 Å². The minimum absolute atomic E-state index is 0.398. The van der Waals surface area contributed by atoms with E-state index in [1.807, 2.05) is 29.1 Å². The molecule has 0 atom stereocenters. The maximum absolute atomic E-state index is 11.0. The van der Waals surface area contributed by atoms with Gasteiger partial charge in [-0.3, -0.25) is 9.67 Å². The number of sulfonamides is 1. The first kappa shape index (κ1) is 19.9. The molecule has 0 aliphatic carbocycles. The molecular formula is C17H26N6O2S. The molecule has 3 N–H and O–H groups in total. The number of guanidine groups is 1. The first-order valence-corrected chi connectivity index (χ1v) is 10.3. The van der Waals surface area contributed by atoms with Crippen molar-refractivity contribution in [2.75, 3.05) is 26.4 Å². The zero-order valence-electron chi connectivity index (χ0n) is 15.1. The zero-order valence-corrected chi connectivity index (χ0v) is 16.0. The van der Waals surface area contributed by atoms with Crippen LogP contribution >= 0.6 is 0 Å². The third-order valence-electron chi connectivity index (χ3n) is 3.69. The minimum atomic E-state index is -3.13. The smallest absolute Gasteiger partial charge is 0.208 e. The van der Waals surface area contributed by atoms with Crippen LogP contribution in [-0.4, -0.2) is 50.6 Å². The standard InChI is InChI=1S/C17H26N6O2S/c1-18-17(19-9-5-11-22-26(2,24)25)20-13-15-7-3-4-8-16(15)14-23-12-6-10-21-23/h3-4,6-8,10,12,22H,5,9,11,13-14H2,1-2H3,(H2,18,19,20). The van der Waals surface area contributed by atoms with E-state index in [0.717, 1.165) is 6.26 Å². The average Bonchev–Trinajstić information content (AvgIpc) is 3.10. The second-order valence-electron chi connectivity index (χ2n) is 5.84. The van der Waals surface area contributed by atoms with E-state index >= 15 is 0 Å². The number of hydrogen-bond donors (Lipinski definition) is 3. The largest absolute Gasteiger partial charge is 0.356 e. The van der Waals surface area contributed by atoms with Gasteiger partial charge in [0.25, 0.3) is 0 Å². The molecule has 0 saturated heterocycles. The molecule has 0 radical (unpaired) electrons. The van der Waals surface area contributed by atoms with Crippen LogP contribution in [0.25, 0.3) is 0 Å². The summed E-state index contributed by atoms with van der Waals surface area (Å²) in [4.78, 5) is 4.19. The summed E-state index contributed by atoms with van der Waals surface area (Å²) >= 11 is 0. The van der Waals surface area contributed by atoms with Crippen LogP contribution in [0.1, 0.15) is 17.5 Å². The molecule has 0 amide bonds. The van der Waals surface area contributed by atoms with Gasteiger partial charge in [0.1, 0.15) is 0 Å². The van der Waals surface area contributed by atoms with Gasteiger partial charge in [-0.05, 0) is 23.6 Å². The predicted octanol–water partition coefficient (Wildman–Crippen LogP) is 0.536. The van der Waals surface area contributed by atoms with Crippen LogP contribution in [0.4, 0.5) is 0 Å². The van der Waals surface area contributed by atoms with Crippen molar-refractivity contribution in [3.8, 4) is 0 Å². The Morgan fingerprint density at radius 1 is 1.15 bits per heavy atom. The van der Waals surface area contributed by atoms with E-state index < -0.39 is 10.0 Å². The van der Waals surface area contributed by atoms with Gasteiger partial charge in [-0.25, -0.2) is 13.1 Å². The summed E-state index contributed by atoms with van der Waals surface area (Å²) in [5.74, 6) is 0.679. The van der Waals surface area contributed by atoms with Crippen molar-refractivity contribution in [3.63, 3.8) is 0 Å². The molecule has 2 aromatic rings. The minimum Gasteiger partial charge on any atom is -0.356 e. The summed E-state index contributed by atoms with van der Waals surface area (Å²) in [6.07, 6.45) is 5.53. The summed E-state index contributed by atoms with van der Waals surface area (Å²) in [5.41, 5.74) is 2.36. The second-order valence-corrected chi connectivity index (χ2v) is 7.68. The predicted molar refractivity (Wildman–Crippen MR) is 103 cm³/mol. The molecule has 0 aliphatic heterocycles. The highest BCUT2D eigenvalue weighted by molar-refractivity contribution is 7.88. The fourth-order valence-corrected chi connectivity index (χ4v) is 2.92. The Morgan fingerprint density at radius 2 is 1.92 bits per heavy atom. The number of nitrogens with one attached hydrogen (secondary N) is 3. The van der Waals surface area contributed by atoms with Gasteiger partial charge in [-0.15, -0.1) is 0 Å². The van der Waals surface area contributed by atoms with Crippen LogP contribution < -0.4 is 15.4 Å². The number of aromatic nitrogens is 2. The van der Waals surface area contributed by atoms with Crippen LogP contribution in [0.15, 0.2) is 47.7 Å². The molecule has 26 heavy (non-hydrogen) atoms. The van der Waals surface area contributed by atoms with Crippen molar-refractivity contribution < 1.29 is 8.42 Å². The van der Waals surface area contributed by atoms with Gasteiger partial charge in [0.2, 0.25) is 10.0 Å². The van der Waals surface area contributed by atoms with E-state index in [4.69, 9.17) is 0 Å². The first-order valence-electron chi connectivity index (χ1n) is 8.41. The summed E-state index contributed by atoms with van der Waals surface area (Å²) in [6.45, 7) is 2.37. The second kappa shape index (κ2) is 9.93. The van der Waals surface area contributed by atoms with Gasteiger partial charge in [0.15, 0.2) is 5.96 Å². The summed E-state index contributed by atoms with van der Waals surface area (Å²) in [7, 11) is -1.43. The fraction of sp³-hybridized carbons (Fsp3) is 0.412. The van der Waals surface area contributed by atoms with Crippen LogP contribution in [0.5, 0.6) is 0 Å². The molecule has 2 rings (SSSR count). The van der Waals surface area contributed by atoms with E-state index in [2.05, 4.69) is 37.6 Å². The molecule has 8 nitrogen and oxygen atoms in total. The first-order chi connectivity index (χ1) is 12.5. The molecule has 0 fully saturated rings. The molecule has 0 aliphatic rings. The summed E-state index contributed by atoms with van der Waals surface area (Å²) in [6, 6.07) is 10.1. The molecular weight excluding hydrogens is 352 g/mol. The maximum Gasteiger partial charge on any atom is 0.208 e. The quantitative estimate of drug-likeness (QED) is 0.336. The van der Waals surface area contributed by atoms with Crippen molar-refractivity contribution in [1.82, 2.24) is 25.1 Å². The van der Waals surface area contributed by atoms with Gasteiger partial charge in [0, 0.05) is 39.1 Å². The lowest BCUT2D eigenvalue weighted by Crippen LogP contribution is -2.38. The molecule has 0 unspecified atom stereocenters. The van der Waals surface area contributed by atoms with Gasteiger partial charge in [-0.1, -0.05) is 24.3 Å². The Morgan fingerprint density at radius 3 is 2.58 bits per heavy atom. The lowest BCUT2D eigenvalue weighted by molar-refractivity contribution is 0.584. The van der Waals surface area contributed by atoms with E-state index in [0.29, 0.717) is 38.6 Å². The van der Waals surface area contributed by atoms with Crippen LogP contribution in [-0.2, 0) is 23.1 Å². The number of hydrogen-bond acceptors (Lipinski definition) is 4. The number of rotatable bonds is 9. The summed E-state index contributed by atoms with van der Waals surface area (Å²) < 4.78 is 26.4. The molecule has 1 aromatic heterocycles. The van der Waals surface area contributed by atoms with E-state index in [9.17, 15) is 8.42 Å². The average molecular weight is 379 g/mol. The van der Waals surface area contributed by atoms with Crippen LogP contribution in [0, 0.1) is 0 Å². The molecule has 0 saturated carbocycles. The lowest BCUT2D eigenvalue weighted by atomic mass is 10.1. The lowest BCUT2D eigenvalue weighted by Gasteiger charge is -2.14. The van der Waals surface area contributed by atoms with E-state index in [-0.39, 0.29) is 0 Å². The molecule has 1 heterocycles. The van der Waals surface area contributed by atoms with Crippen molar-refractivity contribution >= 4 is 16.0 Å². The maximum atomic E-state index is 11.0. The third-order valence-corrected chi connectivity index (χ3v) is 4.42. The van der Waals surface area contributed by atoms with Crippen LogP contribution in [0.2, 0.25) is 0 Å². The molecule has 9 heteroatoms. The molecule has 142 valence electrons. The molecule has 0 spiro atoms. The van der Waals surface area contributed by atoms with E-state index in [1.54, 1.807) is 13.2 Å². The fourth-order valence-electron chi connectivity index (χ4n) is 2.41. The van der Waals surface area contributed by atoms with Crippen molar-refractivity contribution in [2.24, 2.45) is 4.99 Å². The number of aliphatic imine (C=N–C) groups is 1. The van der Waals surface area contributed by atoms with Gasteiger partial charge in [-0.2, -0.15) is 5.10 Å². The highest BCUT2D eigenvalue weighted by atomic mass is 32.2. The summed E-state index contributed by atoms with van der Waals surface area (Å²) in [5, 5.41) is 10.7. The Hall–Kier alpha value is -2.39. The Labute approximate surface area is 154 Å². The van der Waals surface area contributed by atoms with Gasteiger partial charge in [0.05, 0.1) is 12.8 Å². The Kier molecular flexibility index (Phi) is 7.61. The van der Waals surface area contributed by atoms with Gasteiger partial charge >= 0.3 is 0 Å². The monoisotopic (exact) mass is 378 g/mol. The van der Waals surface area contributed by atoms with Crippen molar-refractivity contribution in [3.05, 3.63) is 53.9 Å². The highest BCUT2D eigenvalue weighted by Gasteiger charge is 2.05.